The molecule has 1 saturated heterocycles. The van der Waals surface area contributed by atoms with Crippen LogP contribution in [-0.2, 0) is 18.3 Å². The zero-order valence-corrected chi connectivity index (χ0v) is 14.6. The van der Waals surface area contributed by atoms with Crippen LogP contribution in [0.3, 0.4) is 0 Å². The number of azide groups is 1. The van der Waals surface area contributed by atoms with Gasteiger partial charge in [0.15, 0.2) is 11.5 Å². The Hall–Kier alpha value is -2.27. The zero-order chi connectivity index (χ0) is 18.7. The minimum absolute atomic E-state index is 0.0177. The average Bonchev–Trinajstić information content (AvgIpc) is 3.18. The third-order valence-corrected chi connectivity index (χ3v) is 4.86. The molecule has 140 valence electrons. The summed E-state index contributed by atoms with van der Waals surface area (Å²) in [6.45, 7) is 1.30. The molecule has 2 aromatic heterocycles. The first-order valence-electron chi connectivity index (χ1n) is 7.69. The van der Waals surface area contributed by atoms with E-state index in [1.165, 1.54) is 12.7 Å². The lowest BCUT2D eigenvalue weighted by Gasteiger charge is -2.18. The molecule has 14 heteroatoms. The third-order valence-electron chi connectivity index (χ3n) is 3.80. The summed E-state index contributed by atoms with van der Waals surface area (Å²) in [6.07, 6.45) is 1.80. The Morgan fingerprint density at radius 2 is 2.35 bits per heavy atom. The largest absolute Gasteiger partial charge is 0.472 e. The Balaban J connectivity index is 1.79. The maximum absolute atomic E-state index is 11.7. The minimum Gasteiger partial charge on any atom is -0.382 e. The molecule has 0 spiro atoms. The van der Waals surface area contributed by atoms with Crippen LogP contribution in [0.5, 0.6) is 0 Å². The normalized spacial score (nSPS) is 25.1. The van der Waals surface area contributed by atoms with Crippen molar-refractivity contribution < 1.29 is 23.2 Å². The fourth-order valence-corrected chi connectivity index (χ4v) is 3.41. The molecule has 13 nitrogen and oxygen atoms in total. The number of fused-ring (bicyclic) bond motifs is 1. The molecule has 4 atom stereocenters. The zero-order valence-electron chi connectivity index (χ0n) is 13.7. The summed E-state index contributed by atoms with van der Waals surface area (Å²) in [5.41, 5.74) is 15.4. The van der Waals surface area contributed by atoms with Gasteiger partial charge in [0.05, 0.1) is 31.7 Å². The van der Waals surface area contributed by atoms with Crippen molar-refractivity contribution in [2.45, 2.75) is 31.7 Å². The van der Waals surface area contributed by atoms with Crippen LogP contribution in [0, 0.1) is 0 Å². The second-order valence-electron chi connectivity index (χ2n) is 5.40. The lowest BCUT2D eigenvalue weighted by molar-refractivity contribution is -0.0245. The second kappa shape index (κ2) is 7.54. The van der Waals surface area contributed by atoms with Gasteiger partial charge in [0.1, 0.15) is 18.1 Å². The highest BCUT2D eigenvalue weighted by Gasteiger charge is 2.38. The summed E-state index contributed by atoms with van der Waals surface area (Å²) >= 11 is 0. The van der Waals surface area contributed by atoms with E-state index in [1.54, 1.807) is 11.5 Å². The molecule has 1 fully saturated rings. The fourth-order valence-electron chi connectivity index (χ4n) is 2.67. The number of hydrogen-bond acceptors (Lipinski definition) is 9. The molecule has 3 heterocycles. The van der Waals surface area contributed by atoms with Crippen molar-refractivity contribution in [2.24, 2.45) is 5.11 Å². The number of phosphoric ester groups is 1. The van der Waals surface area contributed by atoms with Crippen LogP contribution in [0.2, 0.25) is 0 Å². The first-order valence-corrected chi connectivity index (χ1v) is 9.19. The Labute approximate surface area is 147 Å². The van der Waals surface area contributed by atoms with Crippen molar-refractivity contribution in [3.05, 3.63) is 23.1 Å². The second-order valence-corrected chi connectivity index (χ2v) is 6.86. The number of nitrogens with zero attached hydrogens (tertiary/aromatic N) is 7. The van der Waals surface area contributed by atoms with E-state index in [2.05, 4.69) is 29.5 Å². The topological polar surface area (TPSA) is 183 Å². The maximum atomic E-state index is 11.7. The van der Waals surface area contributed by atoms with E-state index < -0.39 is 26.2 Å². The van der Waals surface area contributed by atoms with Gasteiger partial charge in [-0.1, -0.05) is 5.11 Å². The predicted molar refractivity (Wildman–Crippen MR) is 88.6 cm³/mol. The van der Waals surface area contributed by atoms with E-state index in [9.17, 15) is 9.46 Å². The molecule has 2 aromatic rings. The Morgan fingerprint density at radius 3 is 3.08 bits per heavy atom. The monoisotopic (exact) mass is 384 g/mol. The Morgan fingerprint density at radius 1 is 1.54 bits per heavy atom. The molecular weight excluding hydrogens is 367 g/mol. The minimum atomic E-state index is -4.19. The first-order chi connectivity index (χ1) is 12.4. The number of ether oxygens (including phenoxy) is 1. The summed E-state index contributed by atoms with van der Waals surface area (Å²) < 4.78 is 28.7. The van der Waals surface area contributed by atoms with E-state index in [0.717, 1.165) is 0 Å². The molecule has 26 heavy (non-hydrogen) atoms. The van der Waals surface area contributed by atoms with Gasteiger partial charge in [-0.2, -0.15) is 0 Å². The van der Waals surface area contributed by atoms with Gasteiger partial charge in [-0.25, -0.2) is 19.5 Å². The van der Waals surface area contributed by atoms with Crippen molar-refractivity contribution in [3.63, 3.8) is 0 Å². The van der Waals surface area contributed by atoms with Crippen LogP contribution in [0.4, 0.5) is 5.82 Å². The molecule has 3 rings (SSSR count). The predicted octanol–water partition coefficient (Wildman–Crippen LogP) is 1.53. The number of nitrogens with two attached hydrogens (primary N) is 1. The first kappa shape index (κ1) is 18.5. The van der Waals surface area contributed by atoms with Crippen LogP contribution in [0.1, 0.15) is 19.6 Å². The smallest absolute Gasteiger partial charge is 0.382 e. The number of anilines is 1. The molecule has 0 amide bonds. The highest BCUT2D eigenvalue weighted by atomic mass is 31.2. The van der Waals surface area contributed by atoms with Gasteiger partial charge in [-0.3, -0.25) is 13.6 Å². The van der Waals surface area contributed by atoms with E-state index in [-0.39, 0.29) is 19.0 Å². The third kappa shape index (κ3) is 3.78. The SMILES string of the molecule is CCOP(=O)(O)OC[C@H]1O[C@@H](n2cnc3c(N)ncnc32)CC1N=[N+]=[N-]. The van der Waals surface area contributed by atoms with Crippen LogP contribution in [0.15, 0.2) is 17.8 Å². The summed E-state index contributed by atoms with van der Waals surface area (Å²) in [6, 6.07) is -0.608. The Kier molecular flexibility index (Phi) is 5.37. The van der Waals surface area contributed by atoms with E-state index in [1.807, 2.05) is 0 Å². The number of imidazole rings is 1. The van der Waals surface area contributed by atoms with E-state index in [0.29, 0.717) is 17.6 Å². The summed E-state index contributed by atoms with van der Waals surface area (Å²) in [7, 11) is -4.19. The lowest BCUT2D eigenvalue weighted by atomic mass is 10.1. The van der Waals surface area contributed by atoms with Crippen molar-refractivity contribution >= 4 is 24.8 Å². The van der Waals surface area contributed by atoms with Gasteiger partial charge >= 0.3 is 7.82 Å². The molecule has 2 unspecified atom stereocenters. The van der Waals surface area contributed by atoms with Crippen molar-refractivity contribution in [1.29, 1.82) is 0 Å². The molecule has 3 N–H and O–H groups in total. The van der Waals surface area contributed by atoms with Crippen LogP contribution in [0.25, 0.3) is 21.6 Å². The standard InChI is InChI=1S/C12H17N8O5P/c1-2-23-26(21,22)24-4-8-7(18-19-14)3-9(25-8)20-6-17-10-11(13)15-5-16-12(10)20/h5-9H,2-4H2,1H3,(H,21,22)(H2,13,15,16)/t7?,8-,9-/m1/s1. The van der Waals surface area contributed by atoms with E-state index in [4.69, 9.17) is 20.5 Å². The van der Waals surface area contributed by atoms with Crippen LogP contribution < -0.4 is 5.73 Å². The van der Waals surface area contributed by atoms with Gasteiger partial charge in [0.2, 0.25) is 0 Å². The molecule has 0 aromatic carbocycles. The van der Waals surface area contributed by atoms with Gasteiger partial charge in [0, 0.05) is 11.3 Å². The number of hydrogen-bond donors (Lipinski definition) is 2. The molecule has 0 bridgehead atoms. The average molecular weight is 384 g/mol. The molecule has 1 aliphatic rings. The van der Waals surface area contributed by atoms with Gasteiger partial charge < -0.3 is 15.4 Å². The van der Waals surface area contributed by atoms with E-state index >= 15 is 0 Å². The van der Waals surface area contributed by atoms with Crippen molar-refractivity contribution in [2.75, 3.05) is 18.9 Å². The number of nitrogen functional groups attached to an aromatic ring is 1. The van der Waals surface area contributed by atoms with Crippen molar-refractivity contribution in [3.8, 4) is 0 Å². The molecular formula is C12H17N8O5P. The summed E-state index contributed by atoms with van der Waals surface area (Å²) in [4.78, 5) is 24.5. The van der Waals surface area contributed by atoms with Crippen LogP contribution >= 0.6 is 7.82 Å². The number of rotatable bonds is 7. The van der Waals surface area contributed by atoms with Gasteiger partial charge in [0.25, 0.3) is 0 Å². The number of phosphoric acid groups is 1. The highest BCUT2D eigenvalue weighted by molar-refractivity contribution is 7.47. The van der Waals surface area contributed by atoms with Crippen molar-refractivity contribution in [1.82, 2.24) is 19.5 Å². The fraction of sp³-hybridized carbons (Fsp3) is 0.583. The number of aromatic nitrogens is 4. The highest BCUT2D eigenvalue weighted by Crippen LogP contribution is 2.44. The lowest BCUT2D eigenvalue weighted by Crippen LogP contribution is -2.24. The maximum Gasteiger partial charge on any atom is 0.472 e. The summed E-state index contributed by atoms with van der Waals surface area (Å²) in [5, 5.41) is 3.68. The quantitative estimate of drug-likeness (QED) is 0.309. The molecule has 0 aliphatic carbocycles. The Bertz CT molecular complexity index is 884. The molecule has 1 aliphatic heterocycles. The van der Waals surface area contributed by atoms with Crippen LogP contribution in [-0.4, -0.2) is 49.8 Å². The van der Waals surface area contributed by atoms with Gasteiger partial charge in [-0.05, 0) is 12.5 Å². The molecule has 0 saturated carbocycles. The summed E-state index contributed by atoms with van der Waals surface area (Å²) in [5.74, 6) is 0.233. The van der Waals surface area contributed by atoms with Gasteiger partial charge in [-0.15, -0.1) is 0 Å². The molecule has 0 radical (unpaired) electrons.